The second kappa shape index (κ2) is 8.66. The highest BCUT2D eigenvalue weighted by Crippen LogP contribution is 2.31. The molecule has 3 rings (SSSR count). The molecule has 2 aromatic carbocycles. The van der Waals surface area contributed by atoms with Gasteiger partial charge in [-0.05, 0) is 43.7 Å². The van der Waals surface area contributed by atoms with Gasteiger partial charge in [-0.2, -0.15) is 5.26 Å². The standard InChI is InChI=1S/C19H17N5OS2/c1-12-6-5-8-15(10-12)21-18-23-24-19(27-18)26-13(2)17(25)22-16-9-4-3-7-14(16)11-20/h3-10,13H,1-2H3,(H,21,23)(H,22,25). The number of rotatable bonds is 6. The van der Waals surface area contributed by atoms with Crippen LogP contribution in [-0.4, -0.2) is 21.4 Å². The molecule has 0 saturated heterocycles. The minimum absolute atomic E-state index is 0.189. The average Bonchev–Trinajstić information content (AvgIpc) is 3.09. The number of nitrogens with one attached hydrogen (secondary N) is 2. The lowest BCUT2D eigenvalue weighted by molar-refractivity contribution is -0.115. The third kappa shape index (κ3) is 5.06. The van der Waals surface area contributed by atoms with Crippen LogP contribution in [0.15, 0.2) is 52.9 Å². The zero-order valence-corrected chi connectivity index (χ0v) is 16.4. The van der Waals surface area contributed by atoms with Crippen molar-refractivity contribution in [1.29, 1.82) is 5.26 Å². The topological polar surface area (TPSA) is 90.7 Å². The third-order valence-corrected chi connectivity index (χ3v) is 5.65. The molecule has 1 aromatic heterocycles. The minimum Gasteiger partial charge on any atom is -0.330 e. The van der Waals surface area contributed by atoms with Crippen LogP contribution < -0.4 is 10.6 Å². The summed E-state index contributed by atoms with van der Waals surface area (Å²) in [5.74, 6) is -0.189. The Bertz CT molecular complexity index is 996. The van der Waals surface area contributed by atoms with Crippen LogP contribution in [0.2, 0.25) is 0 Å². The van der Waals surface area contributed by atoms with Crippen molar-refractivity contribution in [2.45, 2.75) is 23.4 Å². The van der Waals surface area contributed by atoms with Crippen molar-refractivity contribution in [1.82, 2.24) is 10.2 Å². The molecule has 0 saturated carbocycles. The molecule has 1 amide bonds. The summed E-state index contributed by atoms with van der Waals surface area (Å²) in [6.07, 6.45) is 0. The molecule has 0 aliphatic rings. The number of aryl methyl sites for hydroxylation is 1. The summed E-state index contributed by atoms with van der Waals surface area (Å²) in [4.78, 5) is 12.4. The maximum atomic E-state index is 12.4. The van der Waals surface area contributed by atoms with Crippen molar-refractivity contribution in [3.63, 3.8) is 0 Å². The monoisotopic (exact) mass is 395 g/mol. The Morgan fingerprint density at radius 3 is 2.81 bits per heavy atom. The second-order valence-corrected chi connectivity index (χ2v) is 8.34. The molecule has 0 fully saturated rings. The Balaban J connectivity index is 1.61. The van der Waals surface area contributed by atoms with E-state index < -0.39 is 0 Å². The number of anilines is 3. The lowest BCUT2D eigenvalue weighted by Crippen LogP contribution is -2.22. The molecule has 0 radical (unpaired) electrons. The van der Waals surface area contributed by atoms with Crippen LogP contribution >= 0.6 is 23.1 Å². The van der Waals surface area contributed by atoms with Gasteiger partial charge in [-0.15, -0.1) is 10.2 Å². The number of para-hydroxylation sites is 1. The van der Waals surface area contributed by atoms with Crippen LogP contribution in [-0.2, 0) is 4.79 Å². The number of hydrogen-bond donors (Lipinski definition) is 2. The minimum atomic E-state index is -0.378. The molecule has 6 nitrogen and oxygen atoms in total. The normalized spacial score (nSPS) is 11.4. The number of carbonyl (C=O) groups is 1. The van der Waals surface area contributed by atoms with Gasteiger partial charge < -0.3 is 10.6 Å². The van der Waals surface area contributed by atoms with Crippen molar-refractivity contribution >= 4 is 45.5 Å². The van der Waals surface area contributed by atoms with Gasteiger partial charge in [-0.1, -0.05) is 47.4 Å². The van der Waals surface area contributed by atoms with Gasteiger partial charge in [0.15, 0.2) is 4.34 Å². The quantitative estimate of drug-likeness (QED) is 0.594. The highest BCUT2D eigenvalue weighted by molar-refractivity contribution is 8.02. The smallest absolute Gasteiger partial charge is 0.237 e. The van der Waals surface area contributed by atoms with E-state index in [1.165, 1.54) is 23.1 Å². The predicted molar refractivity (Wildman–Crippen MR) is 109 cm³/mol. The maximum Gasteiger partial charge on any atom is 0.237 e. The first-order valence-corrected chi connectivity index (χ1v) is 9.88. The van der Waals surface area contributed by atoms with Gasteiger partial charge in [-0.25, -0.2) is 0 Å². The lowest BCUT2D eigenvalue weighted by Gasteiger charge is -2.11. The predicted octanol–water partition coefficient (Wildman–Crippen LogP) is 4.58. The van der Waals surface area contributed by atoms with Crippen LogP contribution in [0.1, 0.15) is 18.1 Å². The molecule has 0 spiro atoms. The Labute approximate surface area is 165 Å². The number of aromatic nitrogens is 2. The number of thioether (sulfide) groups is 1. The van der Waals surface area contributed by atoms with Crippen LogP contribution in [0.5, 0.6) is 0 Å². The highest BCUT2D eigenvalue weighted by atomic mass is 32.2. The van der Waals surface area contributed by atoms with E-state index >= 15 is 0 Å². The van der Waals surface area contributed by atoms with E-state index in [-0.39, 0.29) is 11.2 Å². The number of carbonyl (C=O) groups excluding carboxylic acids is 1. The molecule has 27 heavy (non-hydrogen) atoms. The first-order chi connectivity index (χ1) is 13.0. The third-order valence-electron chi connectivity index (χ3n) is 3.63. The van der Waals surface area contributed by atoms with Gasteiger partial charge >= 0.3 is 0 Å². The molecule has 1 heterocycles. The van der Waals surface area contributed by atoms with Crippen molar-refractivity contribution < 1.29 is 4.79 Å². The van der Waals surface area contributed by atoms with E-state index in [4.69, 9.17) is 5.26 Å². The summed E-state index contributed by atoms with van der Waals surface area (Å²) in [6.45, 7) is 3.82. The number of amides is 1. The fraction of sp³-hybridized carbons (Fsp3) is 0.158. The van der Waals surface area contributed by atoms with E-state index in [1.807, 2.05) is 31.2 Å². The average molecular weight is 396 g/mol. The largest absolute Gasteiger partial charge is 0.330 e. The zero-order chi connectivity index (χ0) is 19.2. The molecule has 2 N–H and O–H groups in total. The van der Waals surface area contributed by atoms with Gasteiger partial charge in [0.1, 0.15) is 6.07 Å². The molecular formula is C19H17N5OS2. The molecular weight excluding hydrogens is 378 g/mol. The van der Waals surface area contributed by atoms with Crippen LogP contribution in [0.4, 0.5) is 16.5 Å². The van der Waals surface area contributed by atoms with Gasteiger partial charge in [0.2, 0.25) is 11.0 Å². The zero-order valence-electron chi connectivity index (χ0n) is 14.8. The number of benzene rings is 2. The molecule has 1 atom stereocenters. The summed E-state index contributed by atoms with van der Waals surface area (Å²) in [6, 6.07) is 17.0. The number of hydrogen-bond acceptors (Lipinski definition) is 7. The molecule has 0 aliphatic heterocycles. The summed E-state index contributed by atoms with van der Waals surface area (Å²) in [7, 11) is 0. The van der Waals surface area contributed by atoms with Gasteiger partial charge in [0.05, 0.1) is 16.5 Å². The van der Waals surface area contributed by atoms with Crippen molar-refractivity contribution in [3.05, 3.63) is 59.7 Å². The van der Waals surface area contributed by atoms with Gasteiger partial charge in [0.25, 0.3) is 0 Å². The fourth-order valence-electron chi connectivity index (χ4n) is 2.28. The summed E-state index contributed by atoms with van der Waals surface area (Å²) in [5, 5.41) is 23.7. The van der Waals surface area contributed by atoms with Crippen molar-refractivity contribution in [2.75, 3.05) is 10.6 Å². The Hall–Kier alpha value is -2.89. The molecule has 3 aromatic rings. The fourth-order valence-corrected chi connectivity index (χ4v) is 4.20. The van der Waals surface area contributed by atoms with E-state index in [2.05, 4.69) is 26.9 Å². The van der Waals surface area contributed by atoms with Crippen molar-refractivity contribution in [2.24, 2.45) is 0 Å². The highest BCUT2D eigenvalue weighted by Gasteiger charge is 2.18. The van der Waals surface area contributed by atoms with Crippen LogP contribution in [0.3, 0.4) is 0 Å². The van der Waals surface area contributed by atoms with Crippen molar-refractivity contribution in [3.8, 4) is 6.07 Å². The first kappa shape index (κ1) is 18.9. The summed E-state index contributed by atoms with van der Waals surface area (Å²) >= 11 is 2.72. The van der Waals surface area contributed by atoms with E-state index in [9.17, 15) is 4.79 Å². The van der Waals surface area contributed by atoms with Gasteiger partial charge in [-0.3, -0.25) is 4.79 Å². The maximum absolute atomic E-state index is 12.4. The molecule has 0 bridgehead atoms. The first-order valence-electron chi connectivity index (χ1n) is 8.19. The SMILES string of the molecule is Cc1cccc(Nc2nnc(SC(C)C(=O)Nc3ccccc3C#N)s2)c1. The molecule has 136 valence electrons. The molecule has 1 unspecified atom stereocenters. The molecule has 8 heteroatoms. The van der Waals surface area contributed by atoms with Crippen LogP contribution in [0, 0.1) is 18.3 Å². The van der Waals surface area contributed by atoms with E-state index in [0.29, 0.717) is 20.7 Å². The van der Waals surface area contributed by atoms with Crippen LogP contribution in [0.25, 0.3) is 0 Å². The molecule has 0 aliphatic carbocycles. The Kier molecular flexibility index (Phi) is 6.06. The van der Waals surface area contributed by atoms with E-state index in [1.54, 1.807) is 31.2 Å². The number of nitriles is 1. The lowest BCUT2D eigenvalue weighted by atomic mass is 10.2. The number of nitrogens with zero attached hydrogens (tertiary/aromatic N) is 3. The Morgan fingerprint density at radius 1 is 1.22 bits per heavy atom. The summed E-state index contributed by atoms with van der Waals surface area (Å²) in [5.41, 5.74) is 3.05. The Morgan fingerprint density at radius 2 is 2.04 bits per heavy atom. The van der Waals surface area contributed by atoms with Gasteiger partial charge in [0, 0.05) is 5.69 Å². The summed E-state index contributed by atoms with van der Waals surface area (Å²) < 4.78 is 0.696. The van der Waals surface area contributed by atoms with E-state index in [0.717, 1.165) is 11.3 Å². The second-order valence-electron chi connectivity index (χ2n) is 5.77.